The van der Waals surface area contributed by atoms with Crippen molar-refractivity contribution in [3.05, 3.63) is 45.8 Å². The highest BCUT2D eigenvalue weighted by Gasteiger charge is 2.55. The van der Waals surface area contributed by atoms with Gasteiger partial charge in [-0.2, -0.15) is 0 Å². The highest BCUT2D eigenvalue weighted by molar-refractivity contribution is 8.22. The number of rotatable bonds is 9. The number of ketones is 1. The van der Waals surface area contributed by atoms with Crippen LogP contribution < -0.4 is 0 Å². The maximum atomic E-state index is 12.3. The Morgan fingerprint density at radius 1 is 1.37 bits per heavy atom. The number of carbonyl (C=O) groups excluding carboxylic acids is 2. The molecule has 0 bridgehead atoms. The van der Waals surface area contributed by atoms with E-state index in [-0.39, 0.29) is 23.0 Å². The van der Waals surface area contributed by atoms with Gasteiger partial charge in [0.15, 0.2) is 5.78 Å². The predicted molar refractivity (Wildman–Crippen MR) is 111 cm³/mol. The lowest BCUT2D eigenvalue weighted by Gasteiger charge is -2.44. The van der Waals surface area contributed by atoms with Crippen LogP contribution in [0.15, 0.2) is 40.3 Å². The highest BCUT2D eigenvalue weighted by Crippen LogP contribution is 2.53. The van der Waals surface area contributed by atoms with E-state index in [0.717, 1.165) is 27.8 Å². The van der Waals surface area contributed by atoms with Crippen molar-refractivity contribution in [1.29, 1.82) is 0 Å². The van der Waals surface area contributed by atoms with Crippen molar-refractivity contribution in [2.75, 3.05) is 25.9 Å². The van der Waals surface area contributed by atoms with Crippen molar-refractivity contribution in [3.8, 4) is 0 Å². The number of aliphatic hydroxyl groups excluding tert-OH is 1. The molecule has 1 fully saturated rings. The Morgan fingerprint density at radius 3 is 2.74 bits per heavy atom. The second kappa shape index (κ2) is 8.82. The number of likely N-dealkylation sites (N-methyl/N-ethyl adjacent to an activating group) is 1. The quantitative estimate of drug-likeness (QED) is 0.502. The summed E-state index contributed by atoms with van der Waals surface area (Å²) in [4.78, 5) is 28.4. The summed E-state index contributed by atoms with van der Waals surface area (Å²) in [6, 6.07) is 9.35. The first-order valence-electron chi connectivity index (χ1n) is 9.22. The average Bonchev–Trinajstić information content (AvgIpc) is 2.94. The molecule has 1 aromatic carbocycles. The molecular weight excluding hydrogens is 380 g/mol. The Bertz CT molecular complexity index is 738. The van der Waals surface area contributed by atoms with Crippen LogP contribution >= 0.6 is 23.5 Å². The van der Waals surface area contributed by atoms with Crippen molar-refractivity contribution < 1.29 is 14.7 Å². The minimum Gasteiger partial charge on any atom is -0.392 e. The Balaban J connectivity index is 1.46. The topological polar surface area (TPSA) is 60.9 Å². The molecule has 1 N–H and O–H groups in total. The maximum Gasteiger partial charge on any atom is 0.236 e. The number of β-lactam (4-membered cyclic amide) rings is 1. The number of fused-ring (bicyclic) bond motifs is 1. The second-order valence-corrected chi connectivity index (χ2v) is 9.46. The predicted octanol–water partition coefficient (Wildman–Crippen LogP) is 3.03. The number of Topliss-reactive ketones (excluding diaryl/α,β-unsaturated/α-hetero) is 1. The van der Waals surface area contributed by atoms with Gasteiger partial charge in [0.2, 0.25) is 5.91 Å². The van der Waals surface area contributed by atoms with Crippen LogP contribution in [0.4, 0.5) is 0 Å². The van der Waals surface area contributed by atoms with Crippen LogP contribution in [0.1, 0.15) is 30.6 Å². The number of amides is 1. The third-order valence-corrected chi connectivity index (χ3v) is 7.86. The van der Waals surface area contributed by atoms with E-state index >= 15 is 0 Å². The number of allylic oxidation sites excluding steroid dienone is 1. The first-order valence-corrected chi connectivity index (χ1v) is 11.1. The molecule has 3 rings (SSSR count). The third kappa shape index (κ3) is 4.26. The maximum absolute atomic E-state index is 12.3. The molecule has 146 valence electrons. The lowest BCUT2D eigenvalue weighted by atomic mass is 9.90. The van der Waals surface area contributed by atoms with Gasteiger partial charge in [0.25, 0.3) is 0 Å². The van der Waals surface area contributed by atoms with Crippen LogP contribution in [0, 0.1) is 5.92 Å². The molecule has 2 aliphatic rings. The van der Waals surface area contributed by atoms with Gasteiger partial charge in [0.05, 0.1) is 22.8 Å². The van der Waals surface area contributed by atoms with E-state index in [2.05, 4.69) is 0 Å². The van der Waals surface area contributed by atoms with Gasteiger partial charge >= 0.3 is 0 Å². The summed E-state index contributed by atoms with van der Waals surface area (Å²) in [6.45, 7) is 5.07. The number of aliphatic hydroxyl groups is 1. The van der Waals surface area contributed by atoms with Crippen LogP contribution in [0.2, 0.25) is 0 Å². The van der Waals surface area contributed by atoms with Crippen LogP contribution in [0.3, 0.4) is 0 Å². The monoisotopic (exact) mass is 406 g/mol. The van der Waals surface area contributed by atoms with E-state index < -0.39 is 6.10 Å². The number of hydrogen-bond acceptors (Lipinski definition) is 6. The molecule has 1 saturated heterocycles. The van der Waals surface area contributed by atoms with Crippen LogP contribution in [-0.4, -0.2) is 64.0 Å². The summed E-state index contributed by atoms with van der Waals surface area (Å²) in [5.74, 6) is 0.744. The summed E-state index contributed by atoms with van der Waals surface area (Å²) in [7, 11) is 1.95. The van der Waals surface area contributed by atoms with E-state index in [1.54, 1.807) is 23.5 Å². The van der Waals surface area contributed by atoms with E-state index in [1.165, 1.54) is 0 Å². The second-order valence-electron chi connectivity index (χ2n) is 6.97. The lowest BCUT2D eigenvalue weighted by Crippen LogP contribution is -2.60. The summed E-state index contributed by atoms with van der Waals surface area (Å²) >= 11 is 3.42. The zero-order valence-corrected chi connectivity index (χ0v) is 17.6. The third-order valence-electron chi connectivity index (χ3n) is 5.02. The number of benzene rings is 1. The largest absolute Gasteiger partial charge is 0.392 e. The molecule has 1 aromatic rings. The van der Waals surface area contributed by atoms with Gasteiger partial charge in [-0.15, -0.1) is 11.8 Å². The van der Waals surface area contributed by atoms with Gasteiger partial charge in [-0.25, -0.2) is 0 Å². The first-order chi connectivity index (χ1) is 12.9. The van der Waals surface area contributed by atoms with Crippen LogP contribution in [0.5, 0.6) is 0 Å². The summed E-state index contributed by atoms with van der Waals surface area (Å²) in [5, 5.41) is 10.1. The summed E-state index contributed by atoms with van der Waals surface area (Å²) in [5.41, 5.74) is 1.74. The molecule has 0 radical (unpaired) electrons. The van der Waals surface area contributed by atoms with Crippen molar-refractivity contribution in [3.63, 3.8) is 0 Å². The number of hydrogen-bond donors (Lipinski definition) is 1. The molecule has 1 amide bonds. The van der Waals surface area contributed by atoms with Gasteiger partial charge in [0, 0.05) is 23.6 Å². The molecule has 0 saturated carbocycles. The van der Waals surface area contributed by atoms with E-state index in [4.69, 9.17) is 0 Å². The fraction of sp³-hybridized carbons (Fsp3) is 0.500. The molecule has 7 heteroatoms. The minimum absolute atomic E-state index is 0.0422. The molecule has 0 aliphatic carbocycles. The molecule has 0 aromatic heterocycles. The molecule has 2 aliphatic heterocycles. The molecule has 3 atom stereocenters. The summed E-state index contributed by atoms with van der Waals surface area (Å²) in [6.07, 6.45) is 0.0434. The summed E-state index contributed by atoms with van der Waals surface area (Å²) < 4.78 is 1.15. The Hall–Kier alpha value is -1.28. The zero-order valence-electron chi connectivity index (χ0n) is 15.9. The molecule has 27 heavy (non-hydrogen) atoms. The minimum atomic E-state index is -0.557. The number of carbonyl (C=O) groups is 2. The fourth-order valence-electron chi connectivity index (χ4n) is 3.34. The Kier molecular flexibility index (Phi) is 6.68. The van der Waals surface area contributed by atoms with Crippen molar-refractivity contribution in [1.82, 2.24) is 9.80 Å². The highest BCUT2D eigenvalue weighted by atomic mass is 32.2. The molecule has 2 heterocycles. The fourth-order valence-corrected chi connectivity index (χ4v) is 6.36. The van der Waals surface area contributed by atoms with Gasteiger partial charge in [0.1, 0.15) is 5.37 Å². The van der Waals surface area contributed by atoms with Gasteiger partial charge < -0.3 is 10.0 Å². The van der Waals surface area contributed by atoms with Crippen LogP contribution in [0.25, 0.3) is 0 Å². The average molecular weight is 407 g/mol. The Labute approximate surface area is 169 Å². The Morgan fingerprint density at radius 2 is 2.07 bits per heavy atom. The van der Waals surface area contributed by atoms with Gasteiger partial charge in [-0.1, -0.05) is 49.0 Å². The standard InChI is InChI=1S/C20H26N2O3S2/c1-4-15(23)17-18(25)22-13(2)20(27-19(17)22)26-11-10-21(3)12-16(24)14-8-6-5-7-9-14/h5-9,15,17,19,23H,4,10-12H2,1-3H3/t15-,17+,19+/m0/s1. The van der Waals surface area contributed by atoms with E-state index in [1.807, 2.05) is 61.0 Å². The first kappa shape index (κ1) is 20.5. The zero-order chi connectivity index (χ0) is 19.6. The molecule has 5 nitrogen and oxygen atoms in total. The number of nitrogens with zero attached hydrogens (tertiary/aromatic N) is 2. The van der Waals surface area contributed by atoms with Crippen molar-refractivity contribution in [2.45, 2.75) is 31.7 Å². The smallest absolute Gasteiger partial charge is 0.236 e. The van der Waals surface area contributed by atoms with E-state index in [0.29, 0.717) is 13.0 Å². The van der Waals surface area contributed by atoms with Crippen LogP contribution in [-0.2, 0) is 4.79 Å². The number of thioether (sulfide) groups is 2. The van der Waals surface area contributed by atoms with Crippen molar-refractivity contribution in [2.24, 2.45) is 5.92 Å². The molecule has 0 spiro atoms. The SMILES string of the molecule is CC[C@H](O)[C@@H]1C(=O)N2C(C)=C(SCCN(C)CC(=O)c3ccccc3)S[C@H]12. The van der Waals surface area contributed by atoms with Gasteiger partial charge in [-0.05, 0) is 20.4 Å². The van der Waals surface area contributed by atoms with E-state index in [9.17, 15) is 14.7 Å². The molecule has 0 unspecified atom stereocenters. The normalized spacial score (nSPS) is 22.9. The van der Waals surface area contributed by atoms with Gasteiger partial charge in [-0.3, -0.25) is 14.5 Å². The molecular formula is C20H26N2O3S2. The lowest BCUT2D eigenvalue weighted by molar-refractivity contribution is -0.153. The van der Waals surface area contributed by atoms with Crippen molar-refractivity contribution >= 4 is 35.2 Å².